The maximum atomic E-state index is 12.1. The van der Waals surface area contributed by atoms with Gasteiger partial charge in [-0.15, -0.1) is 0 Å². The molecular formula is C18H29F3N4O2. The summed E-state index contributed by atoms with van der Waals surface area (Å²) in [4.78, 5) is 6.32. The molecule has 0 heterocycles. The summed E-state index contributed by atoms with van der Waals surface area (Å²) < 4.78 is 45.9. The molecule has 0 radical (unpaired) electrons. The summed E-state index contributed by atoms with van der Waals surface area (Å²) in [6.45, 7) is 2.42. The molecule has 27 heavy (non-hydrogen) atoms. The highest BCUT2D eigenvalue weighted by Crippen LogP contribution is 2.15. The minimum absolute atomic E-state index is 0.0625. The van der Waals surface area contributed by atoms with Gasteiger partial charge in [-0.05, 0) is 18.2 Å². The zero-order valence-electron chi connectivity index (χ0n) is 16.1. The molecule has 6 nitrogen and oxygen atoms in total. The number of aliphatic imine (C=N–C) groups is 1. The monoisotopic (exact) mass is 390 g/mol. The highest BCUT2D eigenvalue weighted by Gasteiger charge is 2.27. The lowest BCUT2D eigenvalue weighted by Gasteiger charge is -2.18. The number of benzene rings is 1. The maximum Gasteiger partial charge on any atom is 0.411 e. The Morgan fingerprint density at radius 1 is 1.11 bits per heavy atom. The molecule has 0 saturated carbocycles. The number of ether oxygens (including phenoxy) is 2. The normalized spacial score (nSPS) is 12.5. The Balaban J connectivity index is 2.30. The molecule has 0 aliphatic rings. The van der Waals surface area contributed by atoms with Gasteiger partial charge in [-0.25, -0.2) is 0 Å². The lowest BCUT2D eigenvalue weighted by Crippen LogP contribution is -2.41. The van der Waals surface area contributed by atoms with E-state index in [0.29, 0.717) is 24.7 Å². The van der Waals surface area contributed by atoms with Gasteiger partial charge in [-0.2, -0.15) is 13.2 Å². The van der Waals surface area contributed by atoms with Crippen LogP contribution in [-0.4, -0.2) is 71.1 Å². The average Bonchev–Trinajstić information content (AvgIpc) is 2.62. The van der Waals surface area contributed by atoms with Gasteiger partial charge < -0.3 is 25.0 Å². The molecular weight excluding hydrogens is 361 g/mol. The Labute approximate surface area is 158 Å². The number of hydrogen-bond acceptors (Lipinski definition) is 4. The van der Waals surface area contributed by atoms with Gasteiger partial charge in [0.1, 0.15) is 6.61 Å². The van der Waals surface area contributed by atoms with Gasteiger partial charge in [-0.1, -0.05) is 24.3 Å². The van der Waals surface area contributed by atoms with Gasteiger partial charge in [0.2, 0.25) is 0 Å². The number of nitrogens with one attached hydrogen (secondary N) is 2. The number of methoxy groups -OCH3 is 1. The zero-order valence-corrected chi connectivity index (χ0v) is 16.1. The van der Waals surface area contributed by atoms with Crippen LogP contribution in [0, 0.1) is 0 Å². The van der Waals surface area contributed by atoms with Crippen LogP contribution >= 0.6 is 0 Å². The van der Waals surface area contributed by atoms with Crippen molar-refractivity contribution < 1.29 is 22.6 Å². The first kappa shape index (κ1) is 23.2. The van der Waals surface area contributed by atoms with Crippen LogP contribution in [0.3, 0.4) is 0 Å². The second-order valence-corrected chi connectivity index (χ2v) is 6.07. The second-order valence-electron chi connectivity index (χ2n) is 6.07. The molecule has 1 aromatic rings. The molecule has 1 aromatic carbocycles. The highest BCUT2D eigenvalue weighted by molar-refractivity contribution is 5.79. The minimum Gasteiger partial charge on any atom is -0.383 e. The van der Waals surface area contributed by atoms with E-state index in [1.54, 1.807) is 26.3 Å². The molecule has 0 spiro atoms. The predicted octanol–water partition coefficient (Wildman–Crippen LogP) is 2.01. The fraction of sp³-hybridized carbons (Fsp3) is 0.611. The van der Waals surface area contributed by atoms with Gasteiger partial charge in [0, 0.05) is 40.3 Å². The van der Waals surface area contributed by atoms with Crippen molar-refractivity contribution in [1.82, 2.24) is 15.5 Å². The number of nitrogens with zero attached hydrogens (tertiary/aromatic N) is 2. The van der Waals surface area contributed by atoms with Crippen LogP contribution in [0.2, 0.25) is 0 Å². The molecule has 0 amide bonds. The van der Waals surface area contributed by atoms with Crippen molar-refractivity contribution in [2.75, 3.05) is 54.1 Å². The van der Waals surface area contributed by atoms with Crippen molar-refractivity contribution in [3.05, 3.63) is 35.4 Å². The number of likely N-dealkylation sites (N-methyl/N-ethyl adjacent to an activating group) is 1. The topological polar surface area (TPSA) is 58.1 Å². The van der Waals surface area contributed by atoms with Crippen molar-refractivity contribution in [2.45, 2.75) is 19.3 Å². The van der Waals surface area contributed by atoms with E-state index in [-0.39, 0.29) is 6.61 Å². The van der Waals surface area contributed by atoms with Gasteiger partial charge in [0.05, 0.1) is 13.2 Å². The van der Waals surface area contributed by atoms with E-state index in [1.807, 2.05) is 19.2 Å². The molecule has 0 saturated heterocycles. The van der Waals surface area contributed by atoms with E-state index in [4.69, 9.17) is 4.74 Å². The number of halogens is 3. The van der Waals surface area contributed by atoms with E-state index in [2.05, 4.69) is 25.3 Å². The van der Waals surface area contributed by atoms with Gasteiger partial charge in [0.25, 0.3) is 0 Å². The van der Waals surface area contributed by atoms with Gasteiger partial charge >= 0.3 is 6.18 Å². The Morgan fingerprint density at radius 2 is 1.78 bits per heavy atom. The fourth-order valence-electron chi connectivity index (χ4n) is 2.17. The molecule has 0 unspecified atom stereocenters. The van der Waals surface area contributed by atoms with Crippen LogP contribution < -0.4 is 10.6 Å². The largest absolute Gasteiger partial charge is 0.411 e. The SMILES string of the molecule is CN=C(NCCN(C)CCOC)NCc1ccc(COCC(F)(F)F)cc1. The average molecular weight is 390 g/mol. The third-order valence-electron chi connectivity index (χ3n) is 3.70. The molecule has 154 valence electrons. The van der Waals surface area contributed by atoms with Crippen LogP contribution in [0.15, 0.2) is 29.3 Å². The first-order valence-electron chi connectivity index (χ1n) is 8.68. The van der Waals surface area contributed by atoms with E-state index in [0.717, 1.165) is 25.2 Å². The third-order valence-corrected chi connectivity index (χ3v) is 3.70. The smallest absolute Gasteiger partial charge is 0.383 e. The van der Waals surface area contributed by atoms with Crippen LogP contribution in [0.1, 0.15) is 11.1 Å². The summed E-state index contributed by atoms with van der Waals surface area (Å²) in [6.07, 6.45) is -4.30. The highest BCUT2D eigenvalue weighted by atomic mass is 19.4. The van der Waals surface area contributed by atoms with Gasteiger partial charge in [0.15, 0.2) is 5.96 Å². The summed E-state index contributed by atoms with van der Waals surface area (Å²) >= 11 is 0. The summed E-state index contributed by atoms with van der Waals surface area (Å²) in [5, 5.41) is 6.43. The first-order chi connectivity index (χ1) is 12.8. The Hall–Kier alpha value is -1.84. The van der Waals surface area contributed by atoms with Crippen LogP contribution in [0.25, 0.3) is 0 Å². The molecule has 0 aliphatic carbocycles. The standard InChI is InChI=1S/C18H29F3N4O2/c1-22-17(23-8-9-25(2)10-11-26-3)24-12-15-4-6-16(7-5-15)13-27-14-18(19,20)21/h4-7H,8-14H2,1-3H3,(H2,22,23,24). The maximum absolute atomic E-state index is 12.1. The van der Waals surface area contributed by atoms with E-state index >= 15 is 0 Å². The van der Waals surface area contributed by atoms with Crippen molar-refractivity contribution in [3.8, 4) is 0 Å². The van der Waals surface area contributed by atoms with Crippen molar-refractivity contribution in [2.24, 2.45) is 4.99 Å². The van der Waals surface area contributed by atoms with E-state index < -0.39 is 12.8 Å². The molecule has 0 bridgehead atoms. The second kappa shape index (κ2) is 12.5. The lowest BCUT2D eigenvalue weighted by atomic mass is 10.1. The van der Waals surface area contributed by atoms with E-state index in [1.165, 1.54) is 0 Å². The fourth-order valence-corrected chi connectivity index (χ4v) is 2.17. The predicted molar refractivity (Wildman–Crippen MR) is 99.7 cm³/mol. The van der Waals surface area contributed by atoms with E-state index in [9.17, 15) is 13.2 Å². The summed E-state index contributed by atoms with van der Waals surface area (Å²) in [5.74, 6) is 0.688. The summed E-state index contributed by atoms with van der Waals surface area (Å²) in [5.41, 5.74) is 1.69. The lowest BCUT2D eigenvalue weighted by molar-refractivity contribution is -0.176. The minimum atomic E-state index is -4.30. The quantitative estimate of drug-likeness (QED) is 0.447. The summed E-state index contributed by atoms with van der Waals surface area (Å²) in [7, 11) is 5.40. The number of guanidine groups is 1. The zero-order chi connectivity index (χ0) is 20.1. The van der Waals surface area contributed by atoms with Crippen molar-refractivity contribution in [1.29, 1.82) is 0 Å². The summed E-state index contributed by atoms with van der Waals surface area (Å²) in [6, 6.07) is 7.22. The third kappa shape index (κ3) is 11.5. The molecule has 0 aliphatic heterocycles. The molecule has 0 atom stereocenters. The van der Waals surface area contributed by atoms with Crippen molar-refractivity contribution >= 4 is 5.96 Å². The molecule has 0 fully saturated rings. The first-order valence-corrected chi connectivity index (χ1v) is 8.68. The number of hydrogen-bond donors (Lipinski definition) is 2. The Morgan fingerprint density at radius 3 is 2.37 bits per heavy atom. The number of alkyl halides is 3. The Bertz CT molecular complexity index is 551. The molecule has 0 aromatic heterocycles. The van der Waals surface area contributed by atoms with Crippen molar-refractivity contribution in [3.63, 3.8) is 0 Å². The molecule has 9 heteroatoms. The van der Waals surface area contributed by atoms with Crippen LogP contribution in [0.5, 0.6) is 0 Å². The Kier molecular flexibility index (Phi) is 10.8. The molecule has 1 rings (SSSR count). The van der Waals surface area contributed by atoms with Gasteiger partial charge in [-0.3, -0.25) is 4.99 Å². The molecule has 2 N–H and O–H groups in total. The number of rotatable bonds is 11. The van der Waals surface area contributed by atoms with Crippen LogP contribution in [-0.2, 0) is 22.6 Å². The van der Waals surface area contributed by atoms with Crippen LogP contribution in [0.4, 0.5) is 13.2 Å².